The molecule has 3 aliphatic heterocycles. The van der Waals surface area contributed by atoms with Crippen LogP contribution in [-0.2, 0) is 23.7 Å². The summed E-state index contributed by atoms with van der Waals surface area (Å²) in [6.45, 7) is 7.83. The maximum absolute atomic E-state index is 13.0. The average molecular weight is 348 g/mol. The van der Waals surface area contributed by atoms with E-state index < -0.39 is 29.9 Å². The molecule has 3 heterocycles. The lowest BCUT2D eigenvalue weighted by Gasteiger charge is -2.26. The zero-order valence-electron chi connectivity index (χ0n) is 14.9. The molecule has 0 spiro atoms. The topological polar surface area (TPSA) is 63.2 Å². The lowest BCUT2D eigenvalue weighted by molar-refractivity contribution is -0.201. The van der Waals surface area contributed by atoms with Gasteiger partial charge in [0.05, 0.1) is 6.61 Å². The number of hydrogen-bond acceptors (Lipinski definition) is 6. The van der Waals surface area contributed by atoms with Crippen LogP contribution in [0.3, 0.4) is 0 Å². The second-order valence-electron chi connectivity index (χ2n) is 7.68. The number of fused-ring (bicyclic) bond motifs is 1. The van der Waals surface area contributed by atoms with Gasteiger partial charge in [0, 0.05) is 5.56 Å². The van der Waals surface area contributed by atoms with Crippen molar-refractivity contribution in [2.75, 3.05) is 6.61 Å². The second-order valence-corrected chi connectivity index (χ2v) is 7.68. The van der Waals surface area contributed by atoms with Crippen LogP contribution in [0.25, 0.3) is 0 Å². The molecule has 25 heavy (non-hydrogen) atoms. The van der Waals surface area contributed by atoms with Crippen LogP contribution in [0.4, 0.5) is 0 Å². The molecular weight excluding hydrogens is 324 g/mol. The van der Waals surface area contributed by atoms with Crippen molar-refractivity contribution in [1.82, 2.24) is 0 Å². The summed E-state index contributed by atoms with van der Waals surface area (Å²) in [6.07, 6.45) is -2.25. The molecule has 136 valence electrons. The predicted octanol–water partition coefficient (Wildman–Crippen LogP) is 2.31. The smallest absolute Gasteiger partial charge is 0.194 e. The highest BCUT2D eigenvalue weighted by molar-refractivity contribution is 6.00. The Morgan fingerprint density at radius 1 is 0.920 bits per heavy atom. The molecule has 0 aromatic heterocycles. The van der Waals surface area contributed by atoms with Crippen LogP contribution in [0.5, 0.6) is 0 Å². The highest BCUT2D eigenvalue weighted by Gasteiger charge is 2.60. The number of Topliss-reactive ketones (excluding diaryl/α,β-unsaturated/α-hetero) is 1. The molecule has 0 N–H and O–H groups in total. The molecule has 6 nitrogen and oxygen atoms in total. The van der Waals surface area contributed by atoms with Crippen LogP contribution < -0.4 is 0 Å². The fourth-order valence-corrected chi connectivity index (χ4v) is 3.78. The molecule has 0 aliphatic carbocycles. The maximum atomic E-state index is 13.0. The van der Waals surface area contributed by atoms with Crippen molar-refractivity contribution in [3.8, 4) is 0 Å². The van der Waals surface area contributed by atoms with E-state index in [1.807, 2.05) is 45.9 Å². The Bertz CT molecular complexity index is 655. The van der Waals surface area contributed by atoms with Crippen LogP contribution in [0, 0.1) is 0 Å². The van der Waals surface area contributed by atoms with Crippen molar-refractivity contribution < 1.29 is 28.5 Å². The van der Waals surface area contributed by atoms with E-state index in [4.69, 9.17) is 23.7 Å². The summed E-state index contributed by atoms with van der Waals surface area (Å²) in [7, 11) is 0. The molecule has 3 fully saturated rings. The quantitative estimate of drug-likeness (QED) is 0.781. The highest BCUT2D eigenvalue weighted by Crippen LogP contribution is 2.42. The van der Waals surface area contributed by atoms with Crippen molar-refractivity contribution in [2.24, 2.45) is 0 Å². The van der Waals surface area contributed by atoms with Crippen LogP contribution >= 0.6 is 0 Å². The SMILES string of the molecule is CC1(C)O[C@@H]2[C@H](O1)[C@@H](C(=O)c1ccccc1)O[C@@H]2[C@H]1COC(C)(C)O1. The number of hydrogen-bond donors (Lipinski definition) is 0. The zero-order chi connectivity index (χ0) is 17.8. The Hall–Kier alpha value is -1.31. The van der Waals surface area contributed by atoms with Gasteiger partial charge in [0.15, 0.2) is 17.4 Å². The molecule has 0 amide bonds. The van der Waals surface area contributed by atoms with E-state index in [-0.39, 0.29) is 18.0 Å². The lowest BCUT2D eigenvalue weighted by atomic mass is 9.99. The third-order valence-electron chi connectivity index (χ3n) is 4.80. The Morgan fingerprint density at radius 3 is 2.24 bits per heavy atom. The van der Waals surface area contributed by atoms with E-state index in [0.29, 0.717) is 12.2 Å². The number of rotatable bonds is 3. The van der Waals surface area contributed by atoms with Crippen LogP contribution in [-0.4, -0.2) is 54.5 Å². The molecule has 0 saturated carbocycles. The monoisotopic (exact) mass is 348 g/mol. The van der Waals surface area contributed by atoms with Crippen LogP contribution in [0.15, 0.2) is 30.3 Å². The molecule has 1 aromatic rings. The Balaban J connectivity index is 1.60. The standard InChI is InChI=1S/C19H24O6/c1-18(2)21-10-12(23-18)14-16-17(25-19(3,4)24-16)15(22-14)13(20)11-8-6-5-7-9-11/h5-9,12,14-17H,10H2,1-4H3/t12-,14-,15-,16+,17-/m1/s1. The van der Waals surface area contributed by atoms with E-state index >= 15 is 0 Å². The summed E-state index contributed by atoms with van der Waals surface area (Å²) >= 11 is 0. The largest absolute Gasteiger partial charge is 0.358 e. The predicted molar refractivity (Wildman–Crippen MR) is 88.2 cm³/mol. The fourth-order valence-electron chi connectivity index (χ4n) is 3.78. The van der Waals surface area contributed by atoms with Crippen molar-refractivity contribution in [2.45, 2.75) is 69.8 Å². The number of ketones is 1. The minimum absolute atomic E-state index is 0.0995. The van der Waals surface area contributed by atoms with Gasteiger partial charge in [-0.15, -0.1) is 0 Å². The molecule has 0 unspecified atom stereocenters. The molecule has 6 heteroatoms. The van der Waals surface area contributed by atoms with Crippen molar-refractivity contribution in [3.05, 3.63) is 35.9 Å². The minimum atomic E-state index is -0.762. The lowest BCUT2D eigenvalue weighted by Crippen LogP contribution is -2.40. The van der Waals surface area contributed by atoms with Gasteiger partial charge in [-0.3, -0.25) is 4.79 Å². The van der Waals surface area contributed by atoms with Gasteiger partial charge in [-0.25, -0.2) is 0 Å². The van der Waals surface area contributed by atoms with Crippen LogP contribution in [0.1, 0.15) is 38.1 Å². The molecule has 4 rings (SSSR count). The summed E-state index contributed by atoms with van der Waals surface area (Å²) < 4.78 is 29.8. The highest BCUT2D eigenvalue weighted by atomic mass is 16.8. The van der Waals surface area contributed by atoms with Gasteiger partial charge < -0.3 is 23.7 Å². The molecule has 3 aliphatic rings. The van der Waals surface area contributed by atoms with Gasteiger partial charge >= 0.3 is 0 Å². The second kappa shape index (κ2) is 5.86. The van der Waals surface area contributed by atoms with E-state index in [9.17, 15) is 4.79 Å². The summed E-state index contributed by atoms with van der Waals surface area (Å²) in [5, 5.41) is 0. The first kappa shape index (κ1) is 17.1. The molecular formula is C19H24O6. The van der Waals surface area contributed by atoms with Gasteiger partial charge in [0.1, 0.15) is 30.5 Å². The Morgan fingerprint density at radius 2 is 1.60 bits per heavy atom. The molecule has 1 aromatic carbocycles. The normalized spacial score (nSPS) is 38.6. The van der Waals surface area contributed by atoms with Gasteiger partial charge in [-0.2, -0.15) is 0 Å². The van der Waals surface area contributed by atoms with E-state index in [2.05, 4.69) is 0 Å². The van der Waals surface area contributed by atoms with Crippen molar-refractivity contribution in [3.63, 3.8) is 0 Å². The van der Waals surface area contributed by atoms with E-state index in [0.717, 1.165) is 0 Å². The van der Waals surface area contributed by atoms with Gasteiger partial charge in [-0.05, 0) is 27.7 Å². The van der Waals surface area contributed by atoms with E-state index in [1.54, 1.807) is 12.1 Å². The number of ether oxygens (including phenoxy) is 5. The number of carbonyl (C=O) groups is 1. The summed E-state index contributed by atoms with van der Waals surface area (Å²) in [5.74, 6) is -1.53. The Labute approximate surface area is 147 Å². The number of carbonyl (C=O) groups excluding carboxylic acids is 1. The Kier molecular flexibility index (Phi) is 4.01. The average Bonchev–Trinajstić information content (AvgIpc) is 3.17. The first-order valence-electron chi connectivity index (χ1n) is 8.68. The zero-order valence-corrected chi connectivity index (χ0v) is 14.9. The summed E-state index contributed by atoms with van der Waals surface area (Å²) in [5.41, 5.74) is 0.601. The molecule has 0 radical (unpaired) electrons. The molecule has 5 atom stereocenters. The van der Waals surface area contributed by atoms with Gasteiger partial charge in [0.2, 0.25) is 0 Å². The first-order valence-corrected chi connectivity index (χ1v) is 8.68. The molecule has 0 bridgehead atoms. The third-order valence-corrected chi connectivity index (χ3v) is 4.80. The van der Waals surface area contributed by atoms with Crippen molar-refractivity contribution >= 4 is 5.78 Å². The first-order chi connectivity index (χ1) is 11.8. The maximum Gasteiger partial charge on any atom is 0.194 e. The minimum Gasteiger partial charge on any atom is -0.358 e. The van der Waals surface area contributed by atoms with Crippen LogP contribution in [0.2, 0.25) is 0 Å². The van der Waals surface area contributed by atoms with Gasteiger partial charge in [-0.1, -0.05) is 30.3 Å². The van der Waals surface area contributed by atoms with E-state index in [1.165, 1.54) is 0 Å². The third kappa shape index (κ3) is 3.13. The summed E-state index contributed by atoms with van der Waals surface area (Å²) in [6, 6.07) is 9.12. The van der Waals surface area contributed by atoms with Crippen molar-refractivity contribution in [1.29, 1.82) is 0 Å². The molecule has 3 saturated heterocycles. The summed E-state index contributed by atoms with van der Waals surface area (Å²) in [4.78, 5) is 13.0. The number of benzene rings is 1. The fraction of sp³-hybridized carbons (Fsp3) is 0.632. The van der Waals surface area contributed by atoms with Gasteiger partial charge in [0.25, 0.3) is 0 Å².